The number of benzene rings is 1. The van der Waals surface area contributed by atoms with Crippen LogP contribution in [0.25, 0.3) is 0 Å². The second-order valence-electron chi connectivity index (χ2n) is 5.51. The van der Waals surface area contributed by atoms with Crippen molar-refractivity contribution in [1.82, 2.24) is 14.8 Å². The van der Waals surface area contributed by atoms with Gasteiger partial charge in [-0.2, -0.15) is 5.10 Å². The molecule has 1 heterocycles. The highest BCUT2D eigenvalue weighted by Gasteiger charge is 2.20. The molecule has 112 valence electrons. The van der Waals surface area contributed by atoms with E-state index in [0.717, 1.165) is 43.8 Å². The first kappa shape index (κ1) is 14.1. The topological polar surface area (TPSA) is 66.0 Å². The minimum Gasteiger partial charge on any atom is -0.485 e. The van der Waals surface area contributed by atoms with E-state index in [1.165, 1.54) is 11.1 Å². The molecule has 2 N–H and O–H groups in total. The number of hydrogen-bond donors (Lipinski definition) is 1. The largest absolute Gasteiger partial charge is 0.485 e. The lowest BCUT2D eigenvalue weighted by molar-refractivity contribution is 0.281. The summed E-state index contributed by atoms with van der Waals surface area (Å²) in [6, 6.07) is 6.31. The van der Waals surface area contributed by atoms with Gasteiger partial charge in [0.05, 0.1) is 0 Å². The number of ether oxygens (including phenoxy) is 1. The SMILES string of the molecule is CCCn1ncnc1COc1cccc2c1CCCC2N. The Kier molecular flexibility index (Phi) is 4.20. The molecule has 1 aliphatic rings. The molecule has 0 saturated carbocycles. The van der Waals surface area contributed by atoms with Gasteiger partial charge in [0.1, 0.15) is 18.7 Å². The Morgan fingerprint density at radius 3 is 3.19 bits per heavy atom. The van der Waals surface area contributed by atoms with E-state index in [1.807, 2.05) is 16.8 Å². The van der Waals surface area contributed by atoms with Gasteiger partial charge in [0.2, 0.25) is 0 Å². The van der Waals surface area contributed by atoms with Crippen LogP contribution in [0.15, 0.2) is 24.5 Å². The van der Waals surface area contributed by atoms with Crippen LogP contribution in [0.1, 0.15) is 49.2 Å². The monoisotopic (exact) mass is 286 g/mol. The van der Waals surface area contributed by atoms with Crippen LogP contribution in [-0.4, -0.2) is 14.8 Å². The van der Waals surface area contributed by atoms with Crippen molar-refractivity contribution in [1.29, 1.82) is 0 Å². The molecule has 2 aromatic rings. The van der Waals surface area contributed by atoms with Crippen LogP contribution < -0.4 is 10.5 Å². The molecule has 0 fully saturated rings. The zero-order chi connectivity index (χ0) is 14.7. The van der Waals surface area contributed by atoms with Gasteiger partial charge in [0, 0.05) is 12.6 Å². The molecule has 5 heteroatoms. The molecule has 0 radical (unpaired) electrons. The fraction of sp³-hybridized carbons (Fsp3) is 0.500. The van der Waals surface area contributed by atoms with E-state index in [1.54, 1.807) is 6.33 Å². The van der Waals surface area contributed by atoms with E-state index in [2.05, 4.69) is 23.1 Å². The number of aromatic nitrogens is 3. The Morgan fingerprint density at radius 1 is 1.43 bits per heavy atom. The van der Waals surface area contributed by atoms with Gasteiger partial charge in [-0.15, -0.1) is 0 Å². The van der Waals surface area contributed by atoms with Crippen molar-refractivity contribution in [2.45, 2.75) is 51.8 Å². The number of fused-ring (bicyclic) bond motifs is 1. The number of aryl methyl sites for hydroxylation is 1. The summed E-state index contributed by atoms with van der Waals surface area (Å²) in [6.45, 7) is 3.45. The second-order valence-corrected chi connectivity index (χ2v) is 5.51. The van der Waals surface area contributed by atoms with Crippen LogP contribution in [0.4, 0.5) is 0 Å². The van der Waals surface area contributed by atoms with E-state index < -0.39 is 0 Å². The van der Waals surface area contributed by atoms with Crippen LogP contribution in [0.5, 0.6) is 5.75 Å². The highest BCUT2D eigenvalue weighted by Crippen LogP contribution is 2.34. The van der Waals surface area contributed by atoms with Gasteiger partial charge in [-0.1, -0.05) is 19.1 Å². The maximum atomic E-state index is 6.19. The maximum Gasteiger partial charge on any atom is 0.164 e. The van der Waals surface area contributed by atoms with Crippen molar-refractivity contribution in [3.05, 3.63) is 41.5 Å². The zero-order valence-electron chi connectivity index (χ0n) is 12.5. The number of nitrogens with zero attached hydrogens (tertiary/aromatic N) is 3. The van der Waals surface area contributed by atoms with Gasteiger partial charge < -0.3 is 10.5 Å². The van der Waals surface area contributed by atoms with Crippen LogP contribution in [0.2, 0.25) is 0 Å². The van der Waals surface area contributed by atoms with E-state index in [4.69, 9.17) is 10.5 Å². The summed E-state index contributed by atoms with van der Waals surface area (Å²) in [4.78, 5) is 4.28. The third-order valence-electron chi connectivity index (χ3n) is 4.00. The minimum atomic E-state index is 0.140. The lowest BCUT2D eigenvalue weighted by atomic mass is 9.88. The predicted molar refractivity (Wildman–Crippen MR) is 81.0 cm³/mol. The number of hydrogen-bond acceptors (Lipinski definition) is 4. The summed E-state index contributed by atoms with van der Waals surface area (Å²) in [6.07, 6.45) is 5.85. The second kappa shape index (κ2) is 6.26. The highest BCUT2D eigenvalue weighted by atomic mass is 16.5. The predicted octanol–water partition coefficient (Wildman–Crippen LogP) is 2.60. The molecule has 3 rings (SSSR count). The third kappa shape index (κ3) is 2.93. The zero-order valence-corrected chi connectivity index (χ0v) is 12.5. The van der Waals surface area contributed by atoms with Crippen molar-refractivity contribution < 1.29 is 4.74 Å². The molecule has 1 unspecified atom stereocenters. The summed E-state index contributed by atoms with van der Waals surface area (Å²) >= 11 is 0. The first-order chi connectivity index (χ1) is 10.3. The first-order valence-corrected chi connectivity index (χ1v) is 7.66. The van der Waals surface area contributed by atoms with Crippen LogP contribution in [0, 0.1) is 0 Å². The summed E-state index contributed by atoms with van der Waals surface area (Å²) in [5, 5.41) is 4.22. The molecular weight excluding hydrogens is 264 g/mol. The maximum absolute atomic E-state index is 6.19. The quantitative estimate of drug-likeness (QED) is 0.917. The molecule has 1 aromatic heterocycles. The molecule has 0 spiro atoms. The molecule has 0 saturated heterocycles. The summed E-state index contributed by atoms with van der Waals surface area (Å²) < 4.78 is 7.91. The minimum absolute atomic E-state index is 0.140. The van der Waals surface area contributed by atoms with Gasteiger partial charge in [0.25, 0.3) is 0 Å². The van der Waals surface area contributed by atoms with Gasteiger partial charge in [-0.05, 0) is 42.9 Å². The Morgan fingerprint density at radius 2 is 2.33 bits per heavy atom. The molecule has 21 heavy (non-hydrogen) atoms. The molecular formula is C16H22N4O. The van der Waals surface area contributed by atoms with Crippen LogP contribution >= 0.6 is 0 Å². The normalized spacial score (nSPS) is 17.5. The summed E-state index contributed by atoms with van der Waals surface area (Å²) in [7, 11) is 0. The number of rotatable bonds is 5. The Labute approximate surface area is 125 Å². The Hall–Kier alpha value is -1.88. The Balaban J connectivity index is 1.76. The smallest absolute Gasteiger partial charge is 0.164 e. The van der Waals surface area contributed by atoms with Crippen molar-refractivity contribution in [2.75, 3.05) is 0 Å². The summed E-state index contributed by atoms with van der Waals surface area (Å²) in [5.41, 5.74) is 8.68. The van der Waals surface area contributed by atoms with E-state index in [-0.39, 0.29) is 6.04 Å². The van der Waals surface area contributed by atoms with Gasteiger partial charge in [0.15, 0.2) is 5.82 Å². The molecule has 0 bridgehead atoms. The van der Waals surface area contributed by atoms with Gasteiger partial charge in [-0.3, -0.25) is 0 Å². The molecule has 0 aliphatic heterocycles. The average molecular weight is 286 g/mol. The Bertz CT molecular complexity index is 608. The van der Waals surface area contributed by atoms with Crippen molar-refractivity contribution in [3.63, 3.8) is 0 Å². The van der Waals surface area contributed by atoms with E-state index in [0.29, 0.717) is 6.61 Å². The van der Waals surface area contributed by atoms with Crippen molar-refractivity contribution >= 4 is 0 Å². The van der Waals surface area contributed by atoms with Crippen molar-refractivity contribution in [2.24, 2.45) is 5.73 Å². The third-order valence-corrected chi connectivity index (χ3v) is 4.00. The molecule has 0 amide bonds. The van der Waals surface area contributed by atoms with Gasteiger partial charge in [-0.25, -0.2) is 9.67 Å². The molecule has 1 aromatic carbocycles. The lowest BCUT2D eigenvalue weighted by Crippen LogP contribution is -2.18. The molecule has 1 atom stereocenters. The summed E-state index contributed by atoms with van der Waals surface area (Å²) in [5.74, 6) is 1.81. The standard InChI is InChI=1S/C16H22N4O/c1-2-9-20-16(18-11-19-20)10-21-15-8-4-5-12-13(15)6-3-7-14(12)17/h4-5,8,11,14H,2-3,6-7,9-10,17H2,1H3. The van der Waals surface area contributed by atoms with Crippen molar-refractivity contribution in [3.8, 4) is 5.75 Å². The average Bonchev–Trinajstić information content (AvgIpc) is 2.93. The molecule has 1 aliphatic carbocycles. The van der Waals surface area contributed by atoms with E-state index >= 15 is 0 Å². The fourth-order valence-corrected chi connectivity index (χ4v) is 2.93. The van der Waals surface area contributed by atoms with Gasteiger partial charge >= 0.3 is 0 Å². The van der Waals surface area contributed by atoms with Crippen LogP contribution in [0.3, 0.4) is 0 Å². The van der Waals surface area contributed by atoms with Crippen LogP contribution in [-0.2, 0) is 19.6 Å². The number of nitrogens with two attached hydrogens (primary N) is 1. The highest BCUT2D eigenvalue weighted by molar-refractivity contribution is 5.43. The first-order valence-electron chi connectivity index (χ1n) is 7.66. The lowest BCUT2D eigenvalue weighted by Gasteiger charge is -2.24. The fourth-order valence-electron chi connectivity index (χ4n) is 2.93. The molecule has 5 nitrogen and oxygen atoms in total. The van der Waals surface area contributed by atoms with E-state index in [9.17, 15) is 0 Å².